The fourth-order valence-electron chi connectivity index (χ4n) is 6.09. The number of rotatable bonds is 12. The summed E-state index contributed by atoms with van der Waals surface area (Å²) in [4.78, 5) is 20.2. The van der Waals surface area contributed by atoms with Crippen LogP contribution in [0, 0.1) is 0 Å². The van der Waals surface area contributed by atoms with Crippen molar-refractivity contribution in [1.82, 2.24) is 19.9 Å². The van der Waals surface area contributed by atoms with Gasteiger partial charge in [0.05, 0.1) is 34.0 Å². The molecule has 0 saturated carbocycles. The fourth-order valence-corrected chi connectivity index (χ4v) is 6.09. The van der Waals surface area contributed by atoms with Crippen molar-refractivity contribution in [3.8, 4) is 11.1 Å². The molecule has 0 aliphatic carbocycles. The van der Waals surface area contributed by atoms with Crippen molar-refractivity contribution in [2.24, 2.45) is 0 Å². The van der Waals surface area contributed by atoms with Crippen LogP contribution in [0.5, 0.6) is 0 Å². The molecule has 2 N–H and O–H groups in total. The Morgan fingerprint density at radius 1 is 0.581 bits per heavy atom. The second-order valence-corrected chi connectivity index (χ2v) is 11.7. The van der Waals surface area contributed by atoms with Crippen LogP contribution in [0.15, 0.2) is 66.7 Å². The second-order valence-electron chi connectivity index (χ2n) is 11.7. The van der Waals surface area contributed by atoms with Crippen LogP contribution in [0.3, 0.4) is 0 Å². The topological polar surface area (TPSA) is 60.6 Å². The molecule has 4 aromatic rings. The maximum Gasteiger partial charge on any atom is 0.0892 e. The quantitative estimate of drug-likeness (QED) is 0.144. The van der Waals surface area contributed by atoms with E-state index in [4.69, 9.17) is 9.97 Å². The SMILES string of the molecule is CCCCCCN(CCCCCC)c1c2nc(cc3ccc([nH]3)c(-c3ccccc3)c3nc(cc4ccc1[nH]4)C=C3)C=C2. The van der Waals surface area contributed by atoms with Gasteiger partial charge in [0.2, 0.25) is 0 Å². The van der Waals surface area contributed by atoms with Gasteiger partial charge in [0.25, 0.3) is 0 Å². The number of H-pyrrole nitrogens is 2. The van der Waals surface area contributed by atoms with Gasteiger partial charge in [-0.15, -0.1) is 0 Å². The molecule has 0 radical (unpaired) electrons. The lowest BCUT2D eigenvalue weighted by molar-refractivity contribution is 0.609. The molecule has 43 heavy (non-hydrogen) atoms. The monoisotopic (exact) mass is 569 g/mol. The van der Waals surface area contributed by atoms with Crippen molar-refractivity contribution >= 4 is 52.1 Å². The number of benzene rings is 1. The number of hydrogen-bond acceptors (Lipinski definition) is 3. The van der Waals surface area contributed by atoms with E-state index in [0.29, 0.717) is 0 Å². The number of unbranched alkanes of at least 4 members (excludes halogenated alkanes) is 6. The Bertz CT molecular complexity index is 1740. The first-order valence-corrected chi connectivity index (χ1v) is 16.1. The third kappa shape index (κ3) is 6.83. The van der Waals surface area contributed by atoms with Crippen molar-refractivity contribution in [2.45, 2.75) is 65.2 Å². The lowest BCUT2D eigenvalue weighted by Gasteiger charge is -2.26. The molecule has 5 heterocycles. The Morgan fingerprint density at radius 2 is 1.16 bits per heavy atom. The van der Waals surface area contributed by atoms with E-state index >= 15 is 0 Å². The van der Waals surface area contributed by atoms with Gasteiger partial charge < -0.3 is 14.9 Å². The van der Waals surface area contributed by atoms with Crippen LogP contribution in [0.2, 0.25) is 0 Å². The number of anilines is 1. The van der Waals surface area contributed by atoms with Gasteiger partial charge in [-0.2, -0.15) is 0 Å². The van der Waals surface area contributed by atoms with E-state index in [0.717, 1.165) is 69.1 Å². The number of fused-ring (bicyclic) bond motifs is 8. The zero-order valence-electron chi connectivity index (χ0n) is 25.6. The molecule has 220 valence electrons. The van der Waals surface area contributed by atoms with Gasteiger partial charge in [0.15, 0.2) is 0 Å². The summed E-state index contributed by atoms with van der Waals surface area (Å²) in [6.45, 7) is 6.63. The van der Waals surface area contributed by atoms with Crippen molar-refractivity contribution in [3.05, 3.63) is 89.5 Å². The van der Waals surface area contributed by atoms with Gasteiger partial charge in [-0.05, 0) is 79.1 Å². The van der Waals surface area contributed by atoms with Gasteiger partial charge in [0.1, 0.15) is 0 Å². The predicted octanol–water partition coefficient (Wildman–Crippen LogP) is 10.3. The average Bonchev–Trinajstić information content (AvgIpc) is 3.84. The normalized spacial score (nSPS) is 12.2. The van der Waals surface area contributed by atoms with E-state index in [1.54, 1.807) is 0 Å². The van der Waals surface area contributed by atoms with Gasteiger partial charge >= 0.3 is 0 Å². The molecule has 8 bridgehead atoms. The summed E-state index contributed by atoms with van der Waals surface area (Å²) in [5.74, 6) is 0. The van der Waals surface area contributed by atoms with Crippen molar-refractivity contribution in [1.29, 1.82) is 0 Å². The number of aromatic amines is 2. The van der Waals surface area contributed by atoms with Gasteiger partial charge in [-0.25, -0.2) is 9.97 Å². The molecule has 0 atom stereocenters. The van der Waals surface area contributed by atoms with E-state index in [-0.39, 0.29) is 0 Å². The van der Waals surface area contributed by atoms with Crippen molar-refractivity contribution in [3.63, 3.8) is 0 Å². The Morgan fingerprint density at radius 3 is 1.81 bits per heavy atom. The maximum absolute atomic E-state index is 5.18. The van der Waals surface area contributed by atoms with Crippen LogP contribution in [-0.2, 0) is 0 Å². The van der Waals surface area contributed by atoms with Crippen LogP contribution < -0.4 is 4.90 Å². The molecule has 0 saturated heterocycles. The first-order chi connectivity index (χ1) is 21.2. The zero-order valence-corrected chi connectivity index (χ0v) is 25.6. The molecule has 5 heteroatoms. The van der Waals surface area contributed by atoms with Crippen molar-refractivity contribution < 1.29 is 0 Å². The van der Waals surface area contributed by atoms with Crippen molar-refractivity contribution in [2.75, 3.05) is 18.0 Å². The number of nitrogens with zero attached hydrogens (tertiary/aromatic N) is 3. The summed E-state index contributed by atoms with van der Waals surface area (Å²) < 4.78 is 0. The molecule has 3 aromatic heterocycles. The highest BCUT2D eigenvalue weighted by Crippen LogP contribution is 2.32. The van der Waals surface area contributed by atoms with Gasteiger partial charge in [-0.1, -0.05) is 82.7 Å². The summed E-state index contributed by atoms with van der Waals surface area (Å²) in [6, 6.07) is 23.4. The largest absolute Gasteiger partial charge is 0.368 e. The highest BCUT2D eigenvalue weighted by molar-refractivity contribution is 5.92. The minimum absolute atomic E-state index is 0.938. The van der Waals surface area contributed by atoms with Crippen LogP contribution in [-0.4, -0.2) is 33.0 Å². The third-order valence-electron chi connectivity index (χ3n) is 8.31. The first-order valence-electron chi connectivity index (χ1n) is 16.1. The standard InChI is InChI=1S/C38H43N5/c1-3-5-7-12-24-43(25-13-8-6-4-2)38-35-22-18-31(41-35)26-29-16-20-33(39-29)37(28-14-10-9-11-15-28)34-21-17-30(40-34)27-32-19-23-36(38)42-32/h9-11,14-23,26-27,39,42H,3-8,12-13,24-25H2,1-2H3. The van der Waals surface area contributed by atoms with Crippen LogP contribution >= 0.6 is 0 Å². The summed E-state index contributed by atoms with van der Waals surface area (Å²) >= 11 is 0. The summed E-state index contributed by atoms with van der Waals surface area (Å²) in [7, 11) is 0. The fraction of sp³-hybridized carbons (Fsp3) is 0.316. The minimum Gasteiger partial charge on any atom is -0.368 e. The molecule has 0 unspecified atom stereocenters. The zero-order chi connectivity index (χ0) is 29.4. The Labute approximate surface area is 255 Å². The third-order valence-corrected chi connectivity index (χ3v) is 8.31. The lowest BCUT2D eigenvalue weighted by Crippen LogP contribution is -2.26. The predicted molar refractivity (Wildman–Crippen MR) is 185 cm³/mol. The Balaban J connectivity index is 1.54. The first kappa shape index (κ1) is 28.7. The van der Waals surface area contributed by atoms with E-state index < -0.39 is 0 Å². The van der Waals surface area contributed by atoms with E-state index in [1.165, 1.54) is 57.1 Å². The maximum atomic E-state index is 5.18. The Hall–Kier alpha value is -4.38. The molecule has 6 rings (SSSR count). The van der Waals surface area contributed by atoms with Crippen LogP contribution in [0.1, 0.15) is 88.0 Å². The Kier molecular flexibility index (Phi) is 9.17. The molecule has 2 aliphatic rings. The second kappa shape index (κ2) is 13.7. The number of hydrogen-bond donors (Lipinski definition) is 2. The summed E-state index contributed by atoms with van der Waals surface area (Å²) in [5.41, 5.74) is 11.5. The van der Waals surface area contributed by atoms with Gasteiger partial charge in [0, 0.05) is 35.2 Å². The van der Waals surface area contributed by atoms with E-state index in [1.807, 2.05) is 0 Å². The molecule has 5 nitrogen and oxygen atoms in total. The van der Waals surface area contributed by atoms with E-state index in [9.17, 15) is 0 Å². The lowest BCUT2D eigenvalue weighted by atomic mass is 10.0. The van der Waals surface area contributed by atoms with E-state index in [2.05, 4.69) is 120 Å². The molecular weight excluding hydrogens is 526 g/mol. The molecule has 0 amide bonds. The minimum atomic E-state index is 0.938. The van der Waals surface area contributed by atoms with Crippen LogP contribution in [0.4, 0.5) is 5.69 Å². The highest BCUT2D eigenvalue weighted by atomic mass is 15.1. The smallest absolute Gasteiger partial charge is 0.0892 e. The average molecular weight is 570 g/mol. The molecular formula is C38H43N5. The van der Waals surface area contributed by atoms with Crippen LogP contribution in [0.25, 0.3) is 57.5 Å². The number of nitrogens with one attached hydrogen (secondary N) is 2. The molecule has 1 aromatic carbocycles. The molecule has 0 spiro atoms. The summed E-state index contributed by atoms with van der Waals surface area (Å²) in [5, 5.41) is 0. The molecule has 0 fully saturated rings. The van der Waals surface area contributed by atoms with Gasteiger partial charge in [-0.3, -0.25) is 0 Å². The number of aromatic nitrogens is 4. The highest BCUT2D eigenvalue weighted by Gasteiger charge is 2.16. The molecule has 2 aliphatic heterocycles. The summed E-state index contributed by atoms with van der Waals surface area (Å²) in [6.07, 6.45) is 18.5.